The van der Waals surface area contributed by atoms with Crippen LogP contribution in [0.5, 0.6) is 0 Å². The molecule has 2 atom stereocenters. The number of piperidine rings is 1. The third-order valence-electron chi connectivity index (χ3n) is 5.65. The fourth-order valence-electron chi connectivity index (χ4n) is 4.15. The maximum atomic E-state index is 12.7. The van der Waals surface area contributed by atoms with Crippen LogP contribution in [0.1, 0.15) is 24.5 Å². The largest absolute Gasteiger partial charge is 0.447 e. The molecule has 2 fully saturated rings. The van der Waals surface area contributed by atoms with Crippen molar-refractivity contribution in [3.05, 3.63) is 54.4 Å². The lowest BCUT2D eigenvalue weighted by atomic mass is 9.95. The average Bonchev–Trinajstić information content (AvgIpc) is 3.42. The zero-order valence-electron chi connectivity index (χ0n) is 15.8. The molecule has 2 unspecified atom stereocenters. The minimum atomic E-state index is -0.590. The standard InChI is InChI=1S/C21H21N5O3/c27-20(18-13-29-21(28)22-18)25-10-4-7-15(11-25)17-12-26(24-23-17)19-9-3-6-14-5-1-2-8-16(14)19/h1-3,5-6,8-9,12,15,18H,4,7,10-11,13H2,(H,22,28). The molecule has 8 nitrogen and oxygen atoms in total. The van der Waals surface area contributed by atoms with Gasteiger partial charge < -0.3 is 15.0 Å². The third-order valence-corrected chi connectivity index (χ3v) is 5.65. The highest BCUT2D eigenvalue weighted by molar-refractivity contribution is 5.90. The number of hydrogen-bond donors (Lipinski definition) is 1. The predicted molar refractivity (Wildman–Crippen MR) is 106 cm³/mol. The van der Waals surface area contributed by atoms with E-state index in [1.807, 2.05) is 35.1 Å². The SMILES string of the molecule is O=C1NC(C(=O)N2CCCC(c3cn(-c4cccc5ccccc45)nn3)C2)CO1. The second kappa shape index (κ2) is 7.20. The van der Waals surface area contributed by atoms with Gasteiger partial charge in [0.1, 0.15) is 12.6 Å². The van der Waals surface area contributed by atoms with Crippen LogP contribution in [-0.4, -0.2) is 57.6 Å². The summed E-state index contributed by atoms with van der Waals surface area (Å²) in [6, 6.07) is 13.7. The number of nitrogens with one attached hydrogen (secondary N) is 1. The number of nitrogens with zero attached hydrogens (tertiary/aromatic N) is 4. The summed E-state index contributed by atoms with van der Waals surface area (Å²) in [5.74, 6) is 0.0245. The van der Waals surface area contributed by atoms with Crippen LogP contribution in [0, 0.1) is 0 Å². The van der Waals surface area contributed by atoms with Crippen LogP contribution in [0.3, 0.4) is 0 Å². The summed E-state index contributed by atoms with van der Waals surface area (Å²) in [5.41, 5.74) is 1.86. The zero-order chi connectivity index (χ0) is 19.8. The number of alkyl carbamates (subject to hydrolysis) is 1. The van der Waals surface area contributed by atoms with Crippen LogP contribution in [0.4, 0.5) is 4.79 Å². The van der Waals surface area contributed by atoms with Gasteiger partial charge in [0.25, 0.3) is 0 Å². The number of carbonyl (C=O) groups excluding carboxylic acids is 2. The van der Waals surface area contributed by atoms with Gasteiger partial charge in [0.05, 0.1) is 17.6 Å². The van der Waals surface area contributed by atoms with E-state index in [1.165, 1.54) is 0 Å². The molecule has 3 heterocycles. The summed E-state index contributed by atoms with van der Waals surface area (Å²) in [6.45, 7) is 1.34. The molecule has 5 rings (SSSR count). The molecule has 0 saturated carbocycles. The number of ether oxygens (including phenoxy) is 1. The number of amides is 2. The van der Waals surface area contributed by atoms with E-state index in [0.29, 0.717) is 13.1 Å². The Bertz CT molecular complexity index is 1070. The van der Waals surface area contributed by atoms with Gasteiger partial charge in [-0.3, -0.25) is 4.79 Å². The van der Waals surface area contributed by atoms with E-state index < -0.39 is 12.1 Å². The second-order valence-electron chi connectivity index (χ2n) is 7.51. The summed E-state index contributed by atoms with van der Waals surface area (Å²) in [7, 11) is 0. The van der Waals surface area contributed by atoms with E-state index in [4.69, 9.17) is 4.74 Å². The van der Waals surface area contributed by atoms with Crippen molar-refractivity contribution in [1.82, 2.24) is 25.2 Å². The molecule has 2 amide bonds. The molecule has 0 radical (unpaired) electrons. The number of rotatable bonds is 3. The number of fused-ring (bicyclic) bond motifs is 1. The van der Waals surface area contributed by atoms with E-state index in [0.717, 1.165) is 35.0 Å². The first-order valence-corrected chi connectivity index (χ1v) is 9.81. The van der Waals surface area contributed by atoms with Gasteiger partial charge in [-0.1, -0.05) is 41.6 Å². The molecular formula is C21H21N5O3. The number of carbonyl (C=O) groups is 2. The second-order valence-corrected chi connectivity index (χ2v) is 7.51. The van der Waals surface area contributed by atoms with Gasteiger partial charge in [0, 0.05) is 24.4 Å². The summed E-state index contributed by atoms with van der Waals surface area (Å²) >= 11 is 0. The third kappa shape index (κ3) is 3.30. The molecule has 0 spiro atoms. The molecule has 148 valence electrons. The lowest BCUT2D eigenvalue weighted by Crippen LogP contribution is -2.48. The van der Waals surface area contributed by atoms with E-state index in [-0.39, 0.29) is 18.4 Å². The van der Waals surface area contributed by atoms with Crippen molar-refractivity contribution in [2.75, 3.05) is 19.7 Å². The van der Waals surface area contributed by atoms with Gasteiger partial charge in [0.2, 0.25) is 5.91 Å². The minimum Gasteiger partial charge on any atom is -0.447 e. The van der Waals surface area contributed by atoms with Crippen LogP contribution in [-0.2, 0) is 9.53 Å². The molecule has 2 saturated heterocycles. The molecular weight excluding hydrogens is 370 g/mol. The van der Waals surface area contributed by atoms with E-state index in [9.17, 15) is 9.59 Å². The van der Waals surface area contributed by atoms with Crippen molar-refractivity contribution in [2.45, 2.75) is 24.8 Å². The Kier molecular flexibility index (Phi) is 4.38. The summed E-state index contributed by atoms with van der Waals surface area (Å²) in [5, 5.41) is 13.6. The van der Waals surface area contributed by atoms with Gasteiger partial charge in [-0.15, -0.1) is 5.10 Å². The summed E-state index contributed by atoms with van der Waals surface area (Å²) in [4.78, 5) is 25.7. The first-order chi connectivity index (χ1) is 14.2. The highest BCUT2D eigenvalue weighted by Crippen LogP contribution is 2.28. The molecule has 2 aliphatic heterocycles. The van der Waals surface area contributed by atoms with Crippen molar-refractivity contribution < 1.29 is 14.3 Å². The maximum absolute atomic E-state index is 12.7. The fourth-order valence-corrected chi connectivity index (χ4v) is 4.15. The minimum absolute atomic E-state index is 0.0934. The summed E-state index contributed by atoms with van der Waals surface area (Å²) < 4.78 is 6.66. The molecule has 8 heteroatoms. The van der Waals surface area contributed by atoms with Gasteiger partial charge in [0.15, 0.2) is 0 Å². The first-order valence-electron chi connectivity index (χ1n) is 9.81. The first kappa shape index (κ1) is 17.7. The highest BCUT2D eigenvalue weighted by atomic mass is 16.6. The molecule has 1 N–H and O–H groups in total. The van der Waals surface area contributed by atoms with E-state index in [2.05, 4.69) is 33.8 Å². The molecule has 2 aromatic carbocycles. The van der Waals surface area contributed by atoms with Crippen LogP contribution in [0.25, 0.3) is 16.5 Å². The number of likely N-dealkylation sites (tertiary alicyclic amines) is 1. The van der Waals surface area contributed by atoms with Crippen LogP contribution in [0.2, 0.25) is 0 Å². The Labute approximate surface area is 167 Å². The Morgan fingerprint density at radius 3 is 2.90 bits per heavy atom. The number of aromatic nitrogens is 3. The van der Waals surface area contributed by atoms with Crippen LogP contribution < -0.4 is 5.32 Å². The fraction of sp³-hybridized carbons (Fsp3) is 0.333. The summed E-state index contributed by atoms with van der Waals surface area (Å²) in [6.07, 6.45) is 3.26. The van der Waals surface area contributed by atoms with Gasteiger partial charge in [-0.2, -0.15) is 0 Å². The van der Waals surface area contributed by atoms with E-state index >= 15 is 0 Å². The van der Waals surface area contributed by atoms with Crippen molar-refractivity contribution in [3.8, 4) is 5.69 Å². The van der Waals surface area contributed by atoms with Crippen LogP contribution >= 0.6 is 0 Å². The van der Waals surface area contributed by atoms with Crippen molar-refractivity contribution >= 4 is 22.8 Å². The van der Waals surface area contributed by atoms with Gasteiger partial charge in [-0.05, 0) is 24.3 Å². The van der Waals surface area contributed by atoms with E-state index in [1.54, 1.807) is 4.90 Å². The monoisotopic (exact) mass is 391 g/mol. The van der Waals surface area contributed by atoms with Crippen molar-refractivity contribution in [3.63, 3.8) is 0 Å². The topological polar surface area (TPSA) is 89.4 Å². The van der Waals surface area contributed by atoms with Crippen LogP contribution in [0.15, 0.2) is 48.7 Å². The lowest BCUT2D eigenvalue weighted by Gasteiger charge is -2.33. The number of cyclic esters (lactones) is 1. The normalized spacial score (nSPS) is 21.8. The number of benzene rings is 2. The van der Waals surface area contributed by atoms with Gasteiger partial charge >= 0.3 is 6.09 Å². The van der Waals surface area contributed by atoms with Crippen molar-refractivity contribution in [1.29, 1.82) is 0 Å². The Morgan fingerprint density at radius 1 is 1.17 bits per heavy atom. The molecule has 0 aliphatic carbocycles. The smallest absolute Gasteiger partial charge is 0.407 e. The lowest BCUT2D eigenvalue weighted by molar-refractivity contribution is -0.134. The Morgan fingerprint density at radius 2 is 2.03 bits per heavy atom. The predicted octanol–water partition coefficient (Wildman–Crippen LogP) is 2.23. The average molecular weight is 391 g/mol. The highest BCUT2D eigenvalue weighted by Gasteiger charge is 2.35. The maximum Gasteiger partial charge on any atom is 0.407 e. The van der Waals surface area contributed by atoms with Gasteiger partial charge in [-0.25, -0.2) is 9.48 Å². The Hall–Kier alpha value is -3.42. The molecule has 3 aromatic rings. The molecule has 0 bridgehead atoms. The van der Waals surface area contributed by atoms with Crippen molar-refractivity contribution in [2.24, 2.45) is 0 Å². The molecule has 1 aromatic heterocycles. The quantitative estimate of drug-likeness (QED) is 0.740. The molecule has 29 heavy (non-hydrogen) atoms. The molecule has 2 aliphatic rings. The zero-order valence-corrected chi connectivity index (χ0v) is 15.8. The number of hydrogen-bond acceptors (Lipinski definition) is 5. The Balaban J connectivity index is 1.36.